The van der Waals surface area contributed by atoms with Gasteiger partial charge in [0.15, 0.2) is 0 Å². The highest BCUT2D eigenvalue weighted by Crippen LogP contribution is 2.12. The first-order valence-corrected chi connectivity index (χ1v) is 8.10. The zero-order valence-corrected chi connectivity index (χ0v) is 15.0. The van der Waals surface area contributed by atoms with E-state index < -0.39 is 11.9 Å². The fraction of sp³-hybridized carbons (Fsp3) is 0.500. The summed E-state index contributed by atoms with van der Waals surface area (Å²) in [5.41, 5.74) is 6.60. The standard InChI is InChI=1S/C18H27N3O3/c1-11(2)16(18(24)21(12(3)4)10-15(19)22)20-17(23)14-9-7-6-8-13(14)5/h6-9,11-12,16H,10H2,1-5H3,(H2,19,22)(H,20,23). The summed E-state index contributed by atoms with van der Waals surface area (Å²) in [5, 5.41) is 2.80. The molecule has 1 unspecified atom stereocenters. The van der Waals surface area contributed by atoms with Gasteiger partial charge >= 0.3 is 0 Å². The SMILES string of the molecule is Cc1ccccc1C(=O)NC(C(=O)N(CC(N)=O)C(C)C)C(C)C. The highest BCUT2D eigenvalue weighted by molar-refractivity contribution is 5.99. The minimum Gasteiger partial charge on any atom is -0.368 e. The van der Waals surface area contributed by atoms with Gasteiger partial charge in [0.2, 0.25) is 11.8 Å². The van der Waals surface area contributed by atoms with Crippen LogP contribution < -0.4 is 11.1 Å². The van der Waals surface area contributed by atoms with Crippen molar-refractivity contribution in [2.75, 3.05) is 6.54 Å². The van der Waals surface area contributed by atoms with Crippen LogP contribution in [0.1, 0.15) is 43.6 Å². The number of nitrogens with zero attached hydrogens (tertiary/aromatic N) is 1. The van der Waals surface area contributed by atoms with Gasteiger partial charge in [-0.3, -0.25) is 14.4 Å². The van der Waals surface area contributed by atoms with Gasteiger partial charge in [0, 0.05) is 11.6 Å². The van der Waals surface area contributed by atoms with Gasteiger partial charge in [0.25, 0.3) is 5.91 Å². The molecule has 24 heavy (non-hydrogen) atoms. The van der Waals surface area contributed by atoms with Crippen LogP contribution in [0.25, 0.3) is 0 Å². The summed E-state index contributed by atoms with van der Waals surface area (Å²) in [6, 6.07) is 6.28. The summed E-state index contributed by atoms with van der Waals surface area (Å²) in [6.07, 6.45) is 0. The van der Waals surface area contributed by atoms with Crippen LogP contribution in [0.2, 0.25) is 0 Å². The Hall–Kier alpha value is -2.37. The number of amides is 3. The van der Waals surface area contributed by atoms with E-state index >= 15 is 0 Å². The summed E-state index contributed by atoms with van der Waals surface area (Å²) in [4.78, 5) is 38.0. The lowest BCUT2D eigenvalue weighted by atomic mass is 10.0. The number of aryl methyl sites for hydroxylation is 1. The number of rotatable bonds is 7. The van der Waals surface area contributed by atoms with Gasteiger partial charge in [0.1, 0.15) is 6.04 Å². The normalized spacial score (nSPS) is 12.1. The van der Waals surface area contributed by atoms with Gasteiger partial charge in [-0.25, -0.2) is 0 Å². The van der Waals surface area contributed by atoms with E-state index in [1.807, 2.05) is 32.9 Å². The molecule has 0 heterocycles. The van der Waals surface area contributed by atoms with Crippen LogP contribution in [0.3, 0.4) is 0 Å². The second kappa shape index (κ2) is 8.47. The van der Waals surface area contributed by atoms with E-state index in [1.165, 1.54) is 4.90 Å². The van der Waals surface area contributed by atoms with Gasteiger partial charge in [-0.15, -0.1) is 0 Å². The maximum atomic E-state index is 12.8. The molecule has 1 atom stereocenters. The minimum absolute atomic E-state index is 0.125. The van der Waals surface area contributed by atoms with Crippen molar-refractivity contribution in [2.24, 2.45) is 11.7 Å². The number of hydrogen-bond acceptors (Lipinski definition) is 3. The van der Waals surface area contributed by atoms with E-state index in [1.54, 1.807) is 26.0 Å². The minimum atomic E-state index is -0.723. The number of carbonyl (C=O) groups is 3. The molecule has 132 valence electrons. The quantitative estimate of drug-likeness (QED) is 0.791. The van der Waals surface area contributed by atoms with E-state index in [9.17, 15) is 14.4 Å². The van der Waals surface area contributed by atoms with Crippen molar-refractivity contribution in [2.45, 2.75) is 46.7 Å². The Morgan fingerprint density at radius 2 is 1.71 bits per heavy atom. The van der Waals surface area contributed by atoms with Crippen molar-refractivity contribution in [3.63, 3.8) is 0 Å². The molecule has 0 fully saturated rings. The largest absolute Gasteiger partial charge is 0.368 e. The average Bonchev–Trinajstić information content (AvgIpc) is 2.49. The van der Waals surface area contributed by atoms with Crippen molar-refractivity contribution >= 4 is 17.7 Å². The molecule has 3 amide bonds. The molecule has 0 spiro atoms. The number of nitrogens with two attached hydrogens (primary N) is 1. The fourth-order valence-electron chi connectivity index (χ4n) is 2.42. The molecule has 0 aliphatic rings. The summed E-state index contributed by atoms with van der Waals surface area (Å²) in [6.45, 7) is 8.99. The van der Waals surface area contributed by atoms with Gasteiger partial charge in [-0.05, 0) is 38.3 Å². The first-order chi connectivity index (χ1) is 11.1. The van der Waals surface area contributed by atoms with Crippen LogP contribution in [0, 0.1) is 12.8 Å². The Kier molecular flexibility index (Phi) is 6.95. The van der Waals surface area contributed by atoms with E-state index in [4.69, 9.17) is 5.73 Å². The summed E-state index contributed by atoms with van der Waals surface area (Å²) in [7, 11) is 0. The second-order valence-electron chi connectivity index (χ2n) is 6.54. The summed E-state index contributed by atoms with van der Waals surface area (Å²) in [5.74, 6) is -1.31. The van der Waals surface area contributed by atoms with Gasteiger partial charge in [-0.2, -0.15) is 0 Å². The third-order valence-corrected chi connectivity index (χ3v) is 3.84. The van der Waals surface area contributed by atoms with Gasteiger partial charge in [-0.1, -0.05) is 32.0 Å². The van der Waals surface area contributed by atoms with Crippen molar-refractivity contribution in [1.29, 1.82) is 0 Å². The zero-order valence-electron chi connectivity index (χ0n) is 15.0. The van der Waals surface area contributed by atoms with Crippen molar-refractivity contribution in [1.82, 2.24) is 10.2 Å². The molecule has 0 aliphatic carbocycles. The Morgan fingerprint density at radius 3 is 2.17 bits per heavy atom. The number of benzene rings is 1. The second-order valence-corrected chi connectivity index (χ2v) is 6.54. The number of nitrogens with one attached hydrogen (secondary N) is 1. The smallest absolute Gasteiger partial charge is 0.252 e. The predicted octanol–water partition coefficient (Wildman–Crippen LogP) is 1.47. The first-order valence-electron chi connectivity index (χ1n) is 8.10. The third-order valence-electron chi connectivity index (χ3n) is 3.84. The molecular weight excluding hydrogens is 306 g/mol. The lowest BCUT2D eigenvalue weighted by molar-refractivity contribution is -0.139. The molecular formula is C18H27N3O3. The molecule has 1 aromatic rings. The van der Waals surface area contributed by atoms with Crippen LogP contribution in [-0.2, 0) is 9.59 Å². The van der Waals surface area contributed by atoms with Crippen LogP contribution in [0.5, 0.6) is 0 Å². The average molecular weight is 333 g/mol. The molecule has 0 saturated heterocycles. The Morgan fingerprint density at radius 1 is 1.12 bits per heavy atom. The van der Waals surface area contributed by atoms with Gasteiger partial charge in [0.05, 0.1) is 6.54 Å². The van der Waals surface area contributed by atoms with Crippen molar-refractivity contribution in [3.8, 4) is 0 Å². The summed E-state index contributed by atoms with van der Waals surface area (Å²) >= 11 is 0. The highest BCUT2D eigenvalue weighted by atomic mass is 16.2. The molecule has 6 nitrogen and oxygen atoms in total. The Balaban J connectivity index is 3.01. The topological polar surface area (TPSA) is 92.5 Å². The third kappa shape index (κ3) is 5.08. The fourth-order valence-corrected chi connectivity index (χ4v) is 2.42. The number of carbonyl (C=O) groups excluding carboxylic acids is 3. The van der Waals surface area contributed by atoms with E-state index in [2.05, 4.69) is 5.32 Å². The molecule has 0 bridgehead atoms. The van der Waals surface area contributed by atoms with Crippen molar-refractivity contribution in [3.05, 3.63) is 35.4 Å². The molecule has 0 radical (unpaired) electrons. The van der Waals surface area contributed by atoms with E-state index in [0.717, 1.165) is 5.56 Å². The Bertz CT molecular complexity index is 611. The highest BCUT2D eigenvalue weighted by Gasteiger charge is 2.31. The van der Waals surface area contributed by atoms with Crippen LogP contribution >= 0.6 is 0 Å². The molecule has 0 aromatic heterocycles. The molecule has 6 heteroatoms. The molecule has 1 rings (SSSR count). The molecule has 1 aromatic carbocycles. The maximum Gasteiger partial charge on any atom is 0.252 e. The zero-order chi connectivity index (χ0) is 18.4. The van der Waals surface area contributed by atoms with Gasteiger partial charge < -0.3 is 16.0 Å². The molecule has 3 N–H and O–H groups in total. The number of hydrogen-bond donors (Lipinski definition) is 2. The monoisotopic (exact) mass is 333 g/mol. The number of primary amides is 1. The maximum absolute atomic E-state index is 12.8. The first kappa shape index (κ1) is 19.7. The molecule has 0 saturated carbocycles. The van der Waals surface area contributed by atoms with Crippen LogP contribution in [0.15, 0.2) is 24.3 Å². The van der Waals surface area contributed by atoms with E-state index in [-0.39, 0.29) is 30.3 Å². The van der Waals surface area contributed by atoms with Crippen molar-refractivity contribution < 1.29 is 14.4 Å². The van der Waals surface area contributed by atoms with E-state index in [0.29, 0.717) is 5.56 Å². The lowest BCUT2D eigenvalue weighted by Crippen LogP contribution is -2.54. The summed E-state index contributed by atoms with van der Waals surface area (Å²) < 4.78 is 0. The Labute approximate surface area is 143 Å². The lowest BCUT2D eigenvalue weighted by Gasteiger charge is -2.31. The predicted molar refractivity (Wildman–Crippen MR) is 93.3 cm³/mol. The van der Waals surface area contributed by atoms with Crippen LogP contribution in [-0.4, -0.2) is 41.2 Å². The molecule has 0 aliphatic heterocycles. The van der Waals surface area contributed by atoms with Crippen LogP contribution in [0.4, 0.5) is 0 Å².